The third kappa shape index (κ3) is 50.3. The van der Waals surface area contributed by atoms with Gasteiger partial charge in [0.2, 0.25) is 0 Å². The molecule has 0 aliphatic rings. The molecule has 32 valence electrons. The minimum Gasteiger partial charge on any atom is -2.00 e. The normalized spacial score (nSPS) is 0. The topological polar surface area (TPSA) is 88.5 Å². The first-order valence-corrected chi connectivity index (χ1v) is 0. The van der Waals surface area contributed by atoms with E-state index in [1.54, 1.807) is 0 Å². The van der Waals surface area contributed by atoms with Crippen LogP contribution in [0.25, 0.3) is 0 Å². The molecule has 0 aliphatic carbocycles. The van der Waals surface area contributed by atoms with Crippen LogP contribution in [0, 0.1) is 0 Å². The Labute approximate surface area is 68.8 Å². The Morgan fingerprint density at radius 1 is 0.667 bits per heavy atom. The van der Waals surface area contributed by atoms with Crippen LogP contribution in [0.1, 0.15) is 0 Å². The van der Waals surface area contributed by atoms with E-state index in [1.165, 1.54) is 0 Å². The Morgan fingerprint density at radius 3 is 0.667 bits per heavy atom. The van der Waals surface area contributed by atoms with Crippen LogP contribution in [0.4, 0.5) is 0 Å². The summed E-state index contributed by atoms with van der Waals surface area (Å²) in [5, 5.41) is 0. The third-order valence-corrected chi connectivity index (χ3v) is 0. The first-order chi connectivity index (χ1) is 0. The summed E-state index contributed by atoms with van der Waals surface area (Å²) >= 11 is 0. The van der Waals surface area contributed by atoms with E-state index in [0.29, 0.717) is 0 Å². The predicted octanol–water partition coefficient (Wildman–Crippen LogP) is -0.955. The molecule has 0 bridgehead atoms. The summed E-state index contributed by atoms with van der Waals surface area (Å²) in [7, 11) is 0. The molecule has 0 aromatic heterocycles. The fraction of sp³-hybridized carbons (Fsp3) is 0. The second kappa shape index (κ2) is 89.1. The molecule has 0 rings (SSSR count). The summed E-state index contributed by atoms with van der Waals surface area (Å²) in [6.45, 7) is 0. The van der Waals surface area contributed by atoms with Gasteiger partial charge in [0.25, 0.3) is 0 Å². The summed E-state index contributed by atoms with van der Waals surface area (Å²) in [5.41, 5.74) is 0. The van der Waals surface area contributed by atoms with Gasteiger partial charge in [0.05, 0.1) is 0 Å². The third-order valence-electron chi connectivity index (χ3n) is 0. The van der Waals surface area contributed by atoms with E-state index in [2.05, 4.69) is 0 Å². The van der Waals surface area contributed by atoms with Crippen LogP contribution < -0.4 is 0 Å². The molecule has 0 amide bonds. The molecule has 0 unspecified atom stereocenters. The van der Waals surface area contributed by atoms with Gasteiger partial charge in [-0.2, -0.15) is 13.5 Å². The van der Waals surface area contributed by atoms with Gasteiger partial charge in [-0.05, 0) is 0 Å². The second-order valence-corrected chi connectivity index (χ2v) is 0. The molecule has 0 spiro atoms. The molecular weight excluding hydrogens is 211 g/mol. The molecule has 0 aliphatic heterocycles. The van der Waals surface area contributed by atoms with Crippen LogP contribution in [0.3, 0.4) is 0 Å². The van der Waals surface area contributed by atoms with Gasteiger partial charge in [0.15, 0.2) is 0 Å². The summed E-state index contributed by atoms with van der Waals surface area (Å²) in [6, 6.07) is 0. The van der Waals surface area contributed by atoms with E-state index >= 15 is 0 Å². The zero-order valence-electron chi connectivity index (χ0n) is 3.23. The first-order valence-electron chi connectivity index (χ1n) is 0. The van der Waals surface area contributed by atoms with Crippen molar-refractivity contribution in [3.05, 3.63) is 0 Å². The van der Waals surface area contributed by atoms with E-state index < -0.39 is 0 Å². The molecule has 6 heavy (non-hydrogen) atoms. The van der Waals surface area contributed by atoms with Gasteiger partial charge in [-0.25, -0.2) is 0 Å². The van der Waals surface area contributed by atoms with Crippen molar-refractivity contribution in [2.24, 2.45) is 0 Å². The smallest absolute Gasteiger partial charge is 2.00 e. The van der Waals surface area contributed by atoms with Gasteiger partial charge in [0.1, 0.15) is 0 Å². The van der Waals surface area contributed by atoms with Gasteiger partial charge >= 0.3 is 39.0 Å². The summed E-state index contributed by atoms with van der Waals surface area (Å²) in [6.07, 6.45) is 0. The largest absolute Gasteiger partial charge is 2.00 e. The Balaban J connectivity index is 0. The molecule has 3 nitrogen and oxygen atoms in total. The van der Waals surface area contributed by atoms with Gasteiger partial charge < -0.3 is 16.4 Å². The van der Waals surface area contributed by atoms with Crippen molar-refractivity contribution >= 4 is 13.5 Å². The number of rotatable bonds is 0. The molecule has 0 fully saturated rings. The molecular formula is H4O3SZn2. The van der Waals surface area contributed by atoms with Crippen molar-refractivity contribution in [2.45, 2.75) is 0 Å². The monoisotopic (exact) mass is 212 g/mol. The Kier molecular flexibility index (Phi) is 2140. The minimum absolute atomic E-state index is 0. The molecule has 6 heteroatoms. The van der Waals surface area contributed by atoms with Crippen LogP contribution in [0.2, 0.25) is 0 Å². The maximum atomic E-state index is 0. The Morgan fingerprint density at radius 2 is 0.667 bits per heavy atom. The zero-order chi connectivity index (χ0) is 0. The van der Waals surface area contributed by atoms with E-state index in [-0.39, 0.29) is 68.9 Å². The second-order valence-electron chi connectivity index (χ2n) is 0. The van der Waals surface area contributed by atoms with Crippen molar-refractivity contribution in [3.8, 4) is 0 Å². The van der Waals surface area contributed by atoms with Gasteiger partial charge in [-0.1, -0.05) is 0 Å². The molecule has 0 radical (unpaired) electrons. The van der Waals surface area contributed by atoms with E-state index in [0.717, 1.165) is 0 Å². The van der Waals surface area contributed by atoms with Crippen molar-refractivity contribution < 1.29 is 55.4 Å². The molecule has 0 saturated heterocycles. The fourth-order valence-corrected chi connectivity index (χ4v) is 0. The minimum atomic E-state index is 0. The SMILES string of the molecule is O.S.[O-2].[O-2].[Zn+2].[Zn+2]. The Bertz CT molecular complexity index is 8.75. The molecule has 2 N–H and O–H groups in total. The summed E-state index contributed by atoms with van der Waals surface area (Å²) in [4.78, 5) is 0. The van der Waals surface area contributed by atoms with Crippen molar-refractivity contribution in [1.82, 2.24) is 0 Å². The molecule has 0 atom stereocenters. The van der Waals surface area contributed by atoms with Crippen LogP contribution >= 0.6 is 13.5 Å². The summed E-state index contributed by atoms with van der Waals surface area (Å²) in [5.74, 6) is 0. The molecule has 0 aromatic rings. The average Bonchev–Trinajstić information content (AvgIpc) is 0. The fourth-order valence-electron chi connectivity index (χ4n) is 0. The standard InChI is InChI=1S/H2O.2O.H2S.2Zn/h1H2;;;1H2;;/q;2*-2;;2*+2. The number of hydrogen-bond donors (Lipinski definition) is 0. The zero-order valence-corrected chi connectivity index (χ0v) is 10.2. The quantitative estimate of drug-likeness (QED) is 0.466. The molecule has 0 saturated carbocycles. The van der Waals surface area contributed by atoms with Gasteiger partial charge in [0, 0.05) is 0 Å². The first kappa shape index (κ1) is 144. The van der Waals surface area contributed by atoms with Crippen LogP contribution in [0.15, 0.2) is 0 Å². The van der Waals surface area contributed by atoms with Gasteiger partial charge in [-0.3, -0.25) is 0 Å². The van der Waals surface area contributed by atoms with E-state index in [4.69, 9.17) is 0 Å². The van der Waals surface area contributed by atoms with E-state index in [9.17, 15) is 0 Å². The van der Waals surface area contributed by atoms with Crippen LogP contribution in [-0.2, 0) is 49.9 Å². The predicted molar refractivity (Wildman–Crippen MR) is 15.4 cm³/mol. The van der Waals surface area contributed by atoms with Crippen LogP contribution in [0.5, 0.6) is 0 Å². The van der Waals surface area contributed by atoms with Gasteiger partial charge in [-0.15, -0.1) is 0 Å². The average molecular weight is 215 g/mol. The number of hydrogen-bond acceptors (Lipinski definition) is 0. The summed E-state index contributed by atoms with van der Waals surface area (Å²) < 4.78 is 0. The maximum Gasteiger partial charge on any atom is 2.00 e. The Hall–Kier alpha value is 1.48. The van der Waals surface area contributed by atoms with Crippen molar-refractivity contribution in [2.75, 3.05) is 0 Å². The van der Waals surface area contributed by atoms with E-state index in [1.807, 2.05) is 0 Å². The van der Waals surface area contributed by atoms with Crippen LogP contribution in [-0.4, -0.2) is 5.48 Å². The van der Waals surface area contributed by atoms with Crippen molar-refractivity contribution in [3.63, 3.8) is 0 Å². The molecule has 0 heterocycles. The maximum absolute atomic E-state index is 0. The molecule has 0 aromatic carbocycles. The van der Waals surface area contributed by atoms with Crippen molar-refractivity contribution in [1.29, 1.82) is 0 Å².